The molecule has 2 aromatic carbocycles. The molecule has 0 unspecified atom stereocenters. The maximum absolute atomic E-state index is 12.2. The van der Waals surface area contributed by atoms with Crippen LogP contribution in [0.4, 0.5) is 5.69 Å². The summed E-state index contributed by atoms with van der Waals surface area (Å²) < 4.78 is 27.5. The first-order valence-electron chi connectivity index (χ1n) is 5.51. The van der Waals surface area contributed by atoms with E-state index in [0.717, 1.165) is 0 Å². The fraction of sp³-hybridized carbons (Fsp3) is 0. The minimum atomic E-state index is -3.80. The van der Waals surface area contributed by atoms with Crippen LogP contribution in [0.2, 0.25) is 10.0 Å². The van der Waals surface area contributed by atoms with Crippen LogP contribution in [0.3, 0.4) is 0 Å². The van der Waals surface area contributed by atoms with Crippen molar-refractivity contribution >= 4 is 54.8 Å². The number of benzene rings is 2. The van der Waals surface area contributed by atoms with Gasteiger partial charge in [-0.1, -0.05) is 23.2 Å². The third-order valence-corrected chi connectivity index (χ3v) is 5.45. The van der Waals surface area contributed by atoms with Gasteiger partial charge in [0.1, 0.15) is 6.07 Å². The second kappa shape index (κ2) is 6.24. The Morgan fingerprint density at radius 1 is 1.10 bits per heavy atom. The summed E-state index contributed by atoms with van der Waals surface area (Å²) in [4.78, 5) is -0.0300. The molecule has 0 aliphatic rings. The molecule has 0 radical (unpaired) electrons. The fourth-order valence-corrected chi connectivity index (χ4v) is 3.39. The number of sulfonamides is 1. The van der Waals surface area contributed by atoms with Crippen LogP contribution in [0.5, 0.6) is 0 Å². The molecule has 0 aliphatic heterocycles. The van der Waals surface area contributed by atoms with Crippen molar-refractivity contribution in [3.8, 4) is 6.07 Å². The Bertz CT molecular complexity index is 848. The topological polar surface area (TPSA) is 70.0 Å². The molecule has 2 aromatic rings. The van der Waals surface area contributed by atoms with E-state index >= 15 is 0 Å². The zero-order valence-electron chi connectivity index (χ0n) is 10.3. The highest BCUT2D eigenvalue weighted by Crippen LogP contribution is 2.27. The van der Waals surface area contributed by atoms with E-state index in [9.17, 15) is 8.42 Å². The van der Waals surface area contributed by atoms with Crippen LogP contribution in [0.15, 0.2) is 45.8 Å². The summed E-state index contributed by atoms with van der Waals surface area (Å²) in [6.07, 6.45) is 0. The third-order valence-electron chi connectivity index (χ3n) is 2.54. The zero-order chi connectivity index (χ0) is 15.6. The molecule has 0 amide bonds. The van der Waals surface area contributed by atoms with E-state index in [0.29, 0.717) is 15.2 Å². The molecule has 0 saturated carbocycles. The predicted octanol–water partition coefficient (Wildman–Crippen LogP) is 4.43. The van der Waals surface area contributed by atoms with Crippen LogP contribution in [-0.4, -0.2) is 8.42 Å². The fourth-order valence-electron chi connectivity index (χ4n) is 1.53. The minimum absolute atomic E-state index is 0.0300. The van der Waals surface area contributed by atoms with Crippen LogP contribution in [0.1, 0.15) is 5.56 Å². The van der Waals surface area contributed by atoms with Crippen LogP contribution in [-0.2, 0) is 10.0 Å². The van der Waals surface area contributed by atoms with Gasteiger partial charge in [-0.2, -0.15) is 5.26 Å². The van der Waals surface area contributed by atoms with Gasteiger partial charge in [-0.25, -0.2) is 8.42 Å². The molecule has 4 nitrogen and oxygen atoms in total. The van der Waals surface area contributed by atoms with Gasteiger partial charge in [0.15, 0.2) is 0 Å². The van der Waals surface area contributed by atoms with Crippen molar-refractivity contribution in [1.29, 1.82) is 5.26 Å². The lowest BCUT2D eigenvalue weighted by Crippen LogP contribution is -2.13. The lowest BCUT2D eigenvalue weighted by molar-refractivity contribution is 0.601. The average Bonchev–Trinajstić information content (AvgIpc) is 2.42. The van der Waals surface area contributed by atoms with E-state index < -0.39 is 10.0 Å². The maximum atomic E-state index is 12.2. The molecule has 0 heterocycles. The summed E-state index contributed by atoms with van der Waals surface area (Å²) in [7, 11) is -3.80. The first kappa shape index (κ1) is 16.1. The van der Waals surface area contributed by atoms with Crippen molar-refractivity contribution in [2.24, 2.45) is 0 Å². The number of anilines is 1. The van der Waals surface area contributed by atoms with Gasteiger partial charge >= 0.3 is 0 Å². The smallest absolute Gasteiger partial charge is 0.261 e. The summed E-state index contributed by atoms with van der Waals surface area (Å²) in [5, 5.41) is 9.34. The molecule has 0 aromatic heterocycles. The Balaban J connectivity index is 2.36. The summed E-state index contributed by atoms with van der Waals surface area (Å²) in [5.74, 6) is 0. The summed E-state index contributed by atoms with van der Waals surface area (Å²) >= 11 is 14.9. The van der Waals surface area contributed by atoms with Crippen LogP contribution < -0.4 is 4.72 Å². The van der Waals surface area contributed by atoms with Crippen molar-refractivity contribution in [3.63, 3.8) is 0 Å². The standard InChI is InChI=1S/C13H7BrCl2N2O2S/c14-11-5-9(2-4-12(11)15)18-21(19,20)10-3-1-8(7-17)13(16)6-10/h1-6,18H. The van der Waals surface area contributed by atoms with Gasteiger partial charge in [0.2, 0.25) is 0 Å². The number of nitrogens with zero attached hydrogens (tertiary/aromatic N) is 1. The molecular formula is C13H7BrCl2N2O2S. The molecule has 21 heavy (non-hydrogen) atoms. The predicted molar refractivity (Wildman–Crippen MR) is 86.1 cm³/mol. The van der Waals surface area contributed by atoms with Crippen molar-refractivity contribution in [1.82, 2.24) is 0 Å². The number of nitrogens with one attached hydrogen (secondary N) is 1. The zero-order valence-corrected chi connectivity index (χ0v) is 14.2. The van der Waals surface area contributed by atoms with Crippen molar-refractivity contribution in [2.45, 2.75) is 4.90 Å². The summed E-state index contributed by atoms with van der Waals surface area (Å²) in [6.45, 7) is 0. The number of hydrogen-bond acceptors (Lipinski definition) is 3. The molecular weight excluding hydrogens is 399 g/mol. The molecule has 0 aliphatic carbocycles. The SMILES string of the molecule is N#Cc1ccc(S(=O)(=O)Nc2ccc(Cl)c(Br)c2)cc1Cl. The van der Waals surface area contributed by atoms with Gasteiger partial charge in [0.25, 0.3) is 10.0 Å². The van der Waals surface area contributed by atoms with Gasteiger partial charge in [0.05, 0.1) is 26.2 Å². The highest BCUT2D eigenvalue weighted by Gasteiger charge is 2.16. The Kier molecular flexibility index (Phi) is 4.79. The lowest BCUT2D eigenvalue weighted by Gasteiger charge is -2.09. The Hall–Kier alpha value is -1.26. The van der Waals surface area contributed by atoms with Crippen LogP contribution in [0, 0.1) is 11.3 Å². The van der Waals surface area contributed by atoms with Gasteiger partial charge in [-0.15, -0.1) is 0 Å². The van der Waals surface area contributed by atoms with Crippen molar-refractivity contribution in [3.05, 3.63) is 56.5 Å². The van der Waals surface area contributed by atoms with Crippen LogP contribution in [0.25, 0.3) is 0 Å². The molecule has 1 N–H and O–H groups in total. The van der Waals surface area contributed by atoms with Gasteiger partial charge < -0.3 is 0 Å². The average molecular weight is 406 g/mol. The van der Waals surface area contributed by atoms with Crippen molar-refractivity contribution < 1.29 is 8.42 Å². The highest BCUT2D eigenvalue weighted by molar-refractivity contribution is 9.10. The number of rotatable bonds is 3. The van der Waals surface area contributed by atoms with E-state index in [4.69, 9.17) is 28.5 Å². The van der Waals surface area contributed by atoms with E-state index in [1.54, 1.807) is 12.1 Å². The van der Waals surface area contributed by atoms with Crippen LogP contribution >= 0.6 is 39.1 Å². The molecule has 0 spiro atoms. The second-order valence-electron chi connectivity index (χ2n) is 3.99. The normalized spacial score (nSPS) is 11.0. The lowest BCUT2D eigenvalue weighted by atomic mass is 10.2. The summed E-state index contributed by atoms with van der Waals surface area (Å²) in [5.41, 5.74) is 0.566. The third kappa shape index (κ3) is 3.69. The monoisotopic (exact) mass is 404 g/mol. The molecule has 0 bridgehead atoms. The molecule has 0 fully saturated rings. The molecule has 0 atom stereocenters. The quantitative estimate of drug-likeness (QED) is 0.820. The summed E-state index contributed by atoms with van der Waals surface area (Å²) in [6, 6.07) is 10.4. The largest absolute Gasteiger partial charge is 0.280 e. The Morgan fingerprint density at radius 3 is 2.38 bits per heavy atom. The Morgan fingerprint density at radius 2 is 1.81 bits per heavy atom. The molecule has 108 valence electrons. The Labute approximate surface area is 140 Å². The van der Waals surface area contributed by atoms with Gasteiger partial charge in [-0.3, -0.25) is 4.72 Å². The minimum Gasteiger partial charge on any atom is -0.280 e. The molecule has 2 rings (SSSR count). The van der Waals surface area contributed by atoms with Gasteiger partial charge in [0, 0.05) is 4.47 Å². The maximum Gasteiger partial charge on any atom is 0.261 e. The number of hydrogen-bond donors (Lipinski definition) is 1. The van der Waals surface area contributed by atoms with E-state index in [1.165, 1.54) is 24.3 Å². The van der Waals surface area contributed by atoms with Crippen molar-refractivity contribution in [2.75, 3.05) is 4.72 Å². The number of halogens is 3. The van der Waals surface area contributed by atoms with E-state index in [2.05, 4.69) is 20.7 Å². The van der Waals surface area contributed by atoms with E-state index in [1.807, 2.05) is 6.07 Å². The van der Waals surface area contributed by atoms with Gasteiger partial charge in [-0.05, 0) is 52.3 Å². The highest BCUT2D eigenvalue weighted by atomic mass is 79.9. The molecule has 0 saturated heterocycles. The second-order valence-corrected chi connectivity index (χ2v) is 7.34. The first-order chi connectivity index (χ1) is 9.83. The first-order valence-corrected chi connectivity index (χ1v) is 8.54. The number of nitriles is 1. The molecule has 8 heteroatoms. The van der Waals surface area contributed by atoms with E-state index in [-0.39, 0.29) is 15.5 Å².